The van der Waals surface area contributed by atoms with Gasteiger partial charge in [0.15, 0.2) is 10.9 Å². The van der Waals surface area contributed by atoms with Crippen molar-refractivity contribution in [2.75, 3.05) is 7.11 Å². The molecule has 1 atom stereocenters. The van der Waals surface area contributed by atoms with Gasteiger partial charge < -0.3 is 4.74 Å². The maximum Gasteiger partial charge on any atom is 0.231 e. The largest absolute Gasteiger partial charge is 0.497 e. The van der Waals surface area contributed by atoms with Crippen LogP contribution in [0.3, 0.4) is 0 Å². The van der Waals surface area contributed by atoms with E-state index in [2.05, 4.69) is 15.2 Å². The molecule has 126 valence electrons. The Labute approximate surface area is 148 Å². The van der Waals surface area contributed by atoms with E-state index in [0.717, 1.165) is 21.9 Å². The molecule has 7 heteroatoms. The molecule has 0 fully saturated rings. The van der Waals surface area contributed by atoms with Gasteiger partial charge in [0.25, 0.3) is 0 Å². The normalized spacial score (nSPS) is 12.6. The summed E-state index contributed by atoms with van der Waals surface area (Å²) in [6.45, 7) is 1.89. The fourth-order valence-electron chi connectivity index (χ4n) is 2.72. The number of fused-ring (bicyclic) bond motifs is 3. The number of nitrogens with zero attached hydrogens (tertiary/aromatic N) is 3. The number of aromatic nitrogens is 4. The van der Waals surface area contributed by atoms with E-state index < -0.39 is 0 Å². The first-order valence-corrected chi connectivity index (χ1v) is 8.72. The number of para-hydroxylation sites is 2. The Kier molecular flexibility index (Phi) is 3.93. The third-order valence-corrected chi connectivity index (χ3v) is 5.08. The molecule has 0 bridgehead atoms. The second kappa shape index (κ2) is 6.25. The van der Waals surface area contributed by atoms with Gasteiger partial charge in [-0.25, -0.2) is 10.1 Å². The second-order valence-electron chi connectivity index (χ2n) is 5.62. The highest BCUT2D eigenvalue weighted by atomic mass is 32.2. The number of nitrogens with one attached hydrogen (secondary N) is 1. The maximum atomic E-state index is 12.7. The van der Waals surface area contributed by atoms with Crippen LogP contribution in [-0.4, -0.2) is 37.7 Å². The zero-order chi connectivity index (χ0) is 17.4. The summed E-state index contributed by atoms with van der Waals surface area (Å²) in [5.74, 6) is 1.46. The molecule has 1 unspecified atom stereocenters. The molecule has 0 aliphatic rings. The average Bonchev–Trinajstić information content (AvgIpc) is 3.21. The van der Waals surface area contributed by atoms with Gasteiger partial charge in [-0.05, 0) is 43.3 Å². The van der Waals surface area contributed by atoms with Gasteiger partial charge in [0.1, 0.15) is 5.75 Å². The second-order valence-corrected chi connectivity index (χ2v) is 6.93. The van der Waals surface area contributed by atoms with Crippen molar-refractivity contribution in [1.82, 2.24) is 19.6 Å². The third kappa shape index (κ3) is 2.76. The summed E-state index contributed by atoms with van der Waals surface area (Å²) in [6, 6.07) is 15.0. The molecule has 2 aromatic heterocycles. The number of thioether (sulfide) groups is 1. The number of carbonyl (C=O) groups is 1. The molecule has 4 aromatic rings. The molecule has 0 aliphatic heterocycles. The molecule has 2 aromatic carbocycles. The lowest BCUT2D eigenvalue weighted by Crippen LogP contribution is -2.14. The summed E-state index contributed by atoms with van der Waals surface area (Å²) >= 11 is 1.41. The molecule has 6 nitrogen and oxygen atoms in total. The van der Waals surface area contributed by atoms with Crippen LogP contribution in [0, 0.1) is 0 Å². The topological polar surface area (TPSA) is 72.3 Å². The van der Waals surface area contributed by atoms with Crippen molar-refractivity contribution in [2.24, 2.45) is 0 Å². The quantitative estimate of drug-likeness (QED) is 0.439. The fourth-order valence-corrected chi connectivity index (χ4v) is 3.67. The van der Waals surface area contributed by atoms with E-state index in [1.807, 2.05) is 35.6 Å². The molecule has 0 spiro atoms. The Balaban J connectivity index is 1.62. The zero-order valence-electron chi connectivity index (χ0n) is 13.8. The van der Waals surface area contributed by atoms with Crippen LogP contribution in [0.25, 0.3) is 16.8 Å². The van der Waals surface area contributed by atoms with Crippen LogP contribution >= 0.6 is 11.8 Å². The SMILES string of the molecule is COc1ccc(C(=O)C(C)Sc2n[nH]c3nc4ccccc4n23)cc1. The van der Waals surface area contributed by atoms with Crippen LogP contribution in [0.1, 0.15) is 17.3 Å². The van der Waals surface area contributed by atoms with Crippen LogP contribution in [0.15, 0.2) is 53.7 Å². The van der Waals surface area contributed by atoms with Gasteiger partial charge in [0, 0.05) is 5.56 Å². The Morgan fingerprint density at radius 3 is 2.72 bits per heavy atom. The molecule has 2 heterocycles. The van der Waals surface area contributed by atoms with E-state index in [4.69, 9.17) is 4.74 Å². The van der Waals surface area contributed by atoms with Gasteiger partial charge in [-0.1, -0.05) is 23.9 Å². The van der Waals surface area contributed by atoms with Gasteiger partial charge in [-0.3, -0.25) is 9.20 Å². The minimum absolute atomic E-state index is 0.0493. The van der Waals surface area contributed by atoms with Crippen molar-refractivity contribution in [3.63, 3.8) is 0 Å². The molecule has 0 radical (unpaired) electrons. The summed E-state index contributed by atoms with van der Waals surface area (Å²) in [6.07, 6.45) is 0. The van der Waals surface area contributed by atoms with Crippen LogP contribution in [0.2, 0.25) is 0 Å². The summed E-state index contributed by atoms with van der Waals surface area (Å²) < 4.78 is 7.08. The van der Waals surface area contributed by atoms with E-state index in [9.17, 15) is 4.79 Å². The first kappa shape index (κ1) is 15.7. The predicted molar refractivity (Wildman–Crippen MR) is 97.5 cm³/mol. The minimum Gasteiger partial charge on any atom is -0.497 e. The number of hydrogen-bond donors (Lipinski definition) is 1. The molecule has 1 N–H and O–H groups in total. The lowest BCUT2D eigenvalue weighted by molar-refractivity contribution is 0.0994. The number of ketones is 1. The third-order valence-electron chi connectivity index (χ3n) is 4.03. The number of imidazole rings is 1. The van der Waals surface area contributed by atoms with Crippen LogP contribution in [0.4, 0.5) is 0 Å². The fraction of sp³-hybridized carbons (Fsp3) is 0.167. The molecule has 4 rings (SSSR count). The average molecular weight is 352 g/mol. The Morgan fingerprint density at radius 1 is 1.20 bits per heavy atom. The number of aromatic amines is 1. The molecular formula is C18H16N4O2S. The number of carbonyl (C=O) groups excluding carboxylic acids is 1. The highest BCUT2D eigenvalue weighted by Gasteiger charge is 2.20. The van der Waals surface area contributed by atoms with Gasteiger partial charge in [-0.15, -0.1) is 5.10 Å². The number of rotatable bonds is 5. The Hall–Kier alpha value is -2.80. The van der Waals surface area contributed by atoms with Crippen molar-refractivity contribution in [3.8, 4) is 5.75 Å². The number of H-pyrrole nitrogens is 1. The van der Waals surface area contributed by atoms with Crippen LogP contribution in [0.5, 0.6) is 5.75 Å². The van der Waals surface area contributed by atoms with E-state index in [-0.39, 0.29) is 11.0 Å². The number of Topliss-reactive ketones (excluding diaryl/α,β-unsaturated/α-hetero) is 1. The van der Waals surface area contributed by atoms with Gasteiger partial charge >= 0.3 is 0 Å². The molecule has 0 aliphatic carbocycles. The summed E-state index contributed by atoms with van der Waals surface area (Å²) in [7, 11) is 1.60. The van der Waals surface area contributed by atoms with Crippen molar-refractivity contribution in [3.05, 3.63) is 54.1 Å². The summed E-state index contributed by atoms with van der Waals surface area (Å²) in [5, 5.41) is 7.69. The predicted octanol–water partition coefficient (Wildman–Crippen LogP) is 3.58. The Morgan fingerprint density at radius 2 is 1.96 bits per heavy atom. The van der Waals surface area contributed by atoms with Crippen LogP contribution in [-0.2, 0) is 0 Å². The molecular weight excluding hydrogens is 336 g/mol. The lowest BCUT2D eigenvalue weighted by atomic mass is 10.1. The highest BCUT2D eigenvalue weighted by molar-refractivity contribution is 8.00. The highest BCUT2D eigenvalue weighted by Crippen LogP contribution is 2.28. The van der Waals surface area contributed by atoms with Crippen molar-refractivity contribution >= 4 is 34.4 Å². The maximum absolute atomic E-state index is 12.7. The first-order valence-electron chi connectivity index (χ1n) is 7.84. The molecule has 0 saturated carbocycles. The van der Waals surface area contributed by atoms with Crippen LogP contribution < -0.4 is 4.74 Å². The number of ether oxygens (including phenoxy) is 1. The zero-order valence-corrected chi connectivity index (χ0v) is 14.6. The number of methoxy groups -OCH3 is 1. The van der Waals surface area contributed by atoms with E-state index in [1.54, 1.807) is 31.4 Å². The summed E-state index contributed by atoms with van der Waals surface area (Å²) in [5.41, 5.74) is 2.52. The molecule has 25 heavy (non-hydrogen) atoms. The smallest absolute Gasteiger partial charge is 0.231 e. The molecule has 0 saturated heterocycles. The Bertz CT molecular complexity index is 1050. The van der Waals surface area contributed by atoms with Crippen molar-refractivity contribution in [1.29, 1.82) is 0 Å². The van der Waals surface area contributed by atoms with E-state index >= 15 is 0 Å². The van der Waals surface area contributed by atoms with Gasteiger partial charge in [-0.2, -0.15) is 0 Å². The van der Waals surface area contributed by atoms with E-state index in [0.29, 0.717) is 11.3 Å². The summed E-state index contributed by atoms with van der Waals surface area (Å²) in [4.78, 5) is 17.2. The monoisotopic (exact) mass is 352 g/mol. The van der Waals surface area contributed by atoms with Crippen molar-refractivity contribution < 1.29 is 9.53 Å². The number of benzene rings is 2. The first-order chi connectivity index (χ1) is 12.2. The lowest BCUT2D eigenvalue weighted by Gasteiger charge is -2.09. The van der Waals surface area contributed by atoms with Gasteiger partial charge in [0.05, 0.1) is 23.4 Å². The minimum atomic E-state index is -0.277. The number of hydrogen-bond acceptors (Lipinski definition) is 5. The standard InChI is InChI=1S/C18H16N4O2S/c1-11(16(23)12-7-9-13(24-2)10-8-12)25-18-21-20-17-19-14-5-3-4-6-15(14)22(17)18/h3-11H,1-2H3,(H,19,20). The van der Waals surface area contributed by atoms with E-state index in [1.165, 1.54) is 11.8 Å². The molecule has 0 amide bonds. The van der Waals surface area contributed by atoms with Crippen molar-refractivity contribution in [2.45, 2.75) is 17.3 Å². The van der Waals surface area contributed by atoms with Gasteiger partial charge in [0.2, 0.25) is 5.78 Å².